The quantitative estimate of drug-likeness (QED) is 0.920. The number of benzene rings is 1. The Kier molecular flexibility index (Phi) is 4.90. The van der Waals surface area contributed by atoms with Crippen LogP contribution in [0.3, 0.4) is 0 Å². The molecule has 0 saturated heterocycles. The molecule has 1 amide bonds. The van der Waals surface area contributed by atoms with Gasteiger partial charge < -0.3 is 10.2 Å². The highest BCUT2D eigenvalue weighted by atomic mass is 32.1. The van der Waals surface area contributed by atoms with E-state index in [9.17, 15) is 4.79 Å². The molecule has 2 aromatic rings. The highest BCUT2D eigenvalue weighted by molar-refractivity contribution is 7.08. The Balaban J connectivity index is 1.94. The van der Waals surface area contributed by atoms with Gasteiger partial charge in [0.05, 0.1) is 5.69 Å². The molecule has 0 spiro atoms. The summed E-state index contributed by atoms with van der Waals surface area (Å²) in [6, 6.07) is 8.42. The predicted octanol–water partition coefficient (Wildman–Crippen LogP) is 2.27. The Morgan fingerprint density at radius 1 is 1.33 bits per heavy atom. The summed E-state index contributed by atoms with van der Waals surface area (Å²) in [7, 11) is 4.03. The van der Waals surface area contributed by atoms with E-state index in [1.54, 1.807) is 6.92 Å². The zero-order chi connectivity index (χ0) is 15.4. The molecule has 0 aliphatic rings. The molecule has 6 heteroatoms. The van der Waals surface area contributed by atoms with E-state index in [1.807, 2.05) is 21.0 Å². The Morgan fingerprint density at radius 2 is 2.00 bits per heavy atom. The lowest BCUT2D eigenvalue weighted by molar-refractivity contribution is 0.0943. The molecule has 1 aromatic carbocycles. The first-order valence-corrected chi connectivity index (χ1v) is 7.61. The van der Waals surface area contributed by atoms with Gasteiger partial charge in [-0.25, -0.2) is 0 Å². The van der Waals surface area contributed by atoms with Gasteiger partial charge in [-0.05, 0) is 49.5 Å². The number of hydrogen-bond acceptors (Lipinski definition) is 5. The van der Waals surface area contributed by atoms with Crippen LogP contribution in [0.1, 0.15) is 27.9 Å². The number of rotatable bonds is 5. The van der Waals surface area contributed by atoms with Crippen LogP contribution in [0.15, 0.2) is 24.3 Å². The van der Waals surface area contributed by atoms with Gasteiger partial charge in [0.2, 0.25) is 0 Å². The van der Waals surface area contributed by atoms with Crippen LogP contribution in [0.4, 0.5) is 5.69 Å². The summed E-state index contributed by atoms with van der Waals surface area (Å²) in [6.45, 7) is 3.80. The Hall–Kier alpha value is -1.95. The minimum atomic E-state index is -0.0973. The van der Waals surface area contributed by atoms with Gasteiger partial charge in [-0.1, -0.05) is 16.6 Å². The largest absolute Gasteiger partial charge is 0.378 e. The van der Waals surface area contributed by atoms with Gasteiger partial charge in [-0.3, -0.25) is 4.79 Å². The molecule has 1 N–H and O–H groups in total. The average molecular weight is 304 g/mol. The van der Waals surface area contributed by atoms with Crippen LogP contribution in [0.2, 0.25) is 0 Å². The van der Waals surface area contributed by atoms with Crippen molar-refractivity contribution in [2.45, 2.75) is 26.3 Å². The molecule has 0 bridgehead atoms. The van der Waals surface area contributed by atoms with E-state index in [0.29, 0.717) is 10.6 Å². The highest BCUT2D eigenvalue weighted by Crippen LogP contribution is 2.14. The van der Waals surface area contributed by atoms with Crippen molar-refractivity contribution in [3.63, 3.8) is 0 Å². The Bertz CT molecular complexity index is 606. The molecule has 1 atom stereocenters. The van der Waals surface area contributed by atoms with Gasteiger partial charge in [0.15, 0.2) is 0 Å². The number of carbonyl (C=O) groups is 1. The molecule has 21 heavy (non-hydrogen) atoms. The fourth-order valence-electron chi connectivity index (χ4n) is 2.06. The van der Waals surface area contributed by atoms with Crippen LogP contribution in [-0.2, 0) is 6.42 Å². The lowest BCUT2D eigenvalue weighted by Crippen LogP contribution is -2.34. The molecule has 0 radical (unpaired) electrons. The Labute approximate surface area is 129 Å². The molecule has 0 saturated carbocycles. The van der Waals surface area contributed by atoms with Crippen molar-refractivity contribution in [3.05, 3.63) is 40.4 Å². The summed E-state index contributed by atoms with van der Waals surface area (Å²) in [6.07, 6.45) is 0.796. The maximum Gasteiger partial charge on any atom is 0.265 e. The zero-order valence-electron chi connectivity index (χ0n) is 12.8. The number of hydrogen-bond donors (Lipinski definition) is 1. The van der Waals surface area contributed by atoms with Crippen molar-refractivity contribution < 1.29 is 4.79 Å². The summed E-state index contributed by atoms with van der Waals surface area (Å²) in [5.41, 5.74) is 3.05. The van der Waals surface area contributed by atoms with E-state index in [0.717, 1.165) is 18.0 Å². The second-order valence-electron chi connectivity index (χ2n) is 5.33. The monoisotopic (exact) mass is 304 g/mol. The number of anilines is 1. The molecule has 0 aliphatic heterocycles. The molecule has 1 heterocycles. The van der Waals surface area contributed by atoms with Crippen molar-refractivity contribution >= 4 is 23.1 Å². The van der Waals surface area contributed by atoms with Gasteiger partial charge in [-0.2, -0.15) is 0 Å². The summed E-state index contributed by atoms with van der Waals surface area (Å²) >= 11 is 1.13. The number of aryl methyl sites for hydroxylation is 1. The van der Waals surface area contributed by atoms with Crippen LogP contribution in [0, 0.1) is 6.92 Å². The van der Waals surface area contributed by atoms with Gasteiger partial charge in [0.25, 0.3) is 5.91 Å². The fraction of sp³-hybridized carbons (Fsp3) is 0.400. The topological polar surface area (TPSA) is 58.1 Å². The van der Waals surface area contributed by atoms with Gasteiger partial charge >= 0.3 is 0 Å². The first-order chi connectivity index (χ1) is 9.97. The SMILES string of the molecule is Cc1nnsc1C(=O)NC(C)Cc1ccc(N(C)C)cc1. The molecule has 5 nitrogen and oxygen atoms in total. The van der Waals surface area contributed by atoms with Crippen LogP contribution in [0.5, 0.6) is 0 Å². The van der Waals surface area contributed by atoms with Crippen LogP contribution >= 0.6 is 11.5 Å². The number of amides is 1. The van der Waals surface area contributed by atoms with Crippen molar-refractivity contribution in [2.24, 2.45) is 0 Å². The number of carbonyl (C=O) groups excluding carboxylic acids is 1. The van der Waals surface area contributed by atoms with E-state index >= 15 is 0 Å². The van der Waals surface area contributed by atoms with Crippen molar-refractivity contribution in [3.8, 4) is 0 Å². The van der Waals surface area contributed by atoms with Crippen molar-refractivity contribution in [1.82, 2.24) is 14.9 Å². The second kappa shape index (κ2) is 6.67. The average Bonchev–Trinajstić information content (AvgIpc) is 2.85. The molecular weight excluding hydrogens is 284 g/mol. The first-order valence-electron chi connectivity index (χ1n) is 6.83. The summed E-state index contributed by atoms with van der Waals surface area (Å²) < 4.78 is 3.79. The van der Waals surface area contributed by atoms with Crippen LogP contribution in [0.25, 0.3) is 0 Å². The maximum absolute atomic E-state index is 12.1. The van der Waals surface area contributed by atoms with Gasteiger partial charge in [-0.15, -0.1) is 5.10 Å². The third-order valence-electron chi connectivity index (χ3n) is 3.23. The van der Waals surface area contributed by atoms with Crippen molar-refractivity contribution in [1.29, 1.82) is 0 Å². The predicted molar refractivity (Wildman–Crippen MR) is 86.0 cm³/mol. The standard InChI is InChI=1S/C15H20N4OS/c1-10(16-15(20)14-11(2)17-18-21-14)9-12-5-7-13(8-6-12)19(3)4/h5-8,10H,9H2,1-4H3,(H,16,20). The Morgan fingerprint density at radius 3 is 2.52 bits per heavy atom. The highest BCUT2D eigenvalue weighted by Gasteiger charge is 2.15. The summed E-state index contributed by atoms with van der Waals surface area (Å²) in [5.74, 6) is -0.0973. The van der Waals surface area contributed by atoms with E-state index in [-0.39, 0.29) is 11.9 Å². The lowest BCUT2D eigenvalue weighted by Gasteiger charge is -2.15. The fourth-order valence-corrected chi connectivity index (χ4v) is 2.62. The molecule has 0 fully saturated rings. The number of aromatic nitrogens is 2. The third-order valence-corrected chi connectivity index (χ3v) is 4.06. The third kappa shape index (κ3) is 4.01. The smallest absolute Gasteiger partial charge is 0.265 e. The number of nitrogens with one attached hydrogen (secondary N) is 1. The minimum Gasteiger partial charge on any atom is -0.378 e. The van der Waals surface area contributed by atoms with E-state index < -0.39 is 0 Å². The van der Waals surface area contributed by atoms with Gasteiger partial charge in [0, 0.05) is 25.8 Å². The summed E-state index contributed by atoms with van der Waals surface area (Å²) in [4.78, 5) is 14.7. The van der Waals surface area contributed by atoms with Crippen molar-refractivity contribution in [2.75, 3.05) is 19.0 Å². The summed E-state index contributed by atoms with van der Waals surface area (Å²) in [5, 5.41) is 6.85. The minimum absolute atomic E-state index is 0.0595. The lowest BCUT2D eigenvalue weighted by atomic mass is 10.1. The van der Waals surface area contributed by atoms with Gasteiger partial charge in [0.1, 0.15) is 4.88 Å². The molecule has 1 aromatic heterocycles. The second-order valence-corrected chi connectivity index (χ2v) is 6.08. The zero-order valence-corrected chi connectivity index (χ0v) is 13.6. The van der Waals surface area contributed by atoms with Crippen LogP contribution < -0.4 is 10.2 Å². The maximum atomic E-state index is 12.1. The molecule has 112 valence electrons. The van der Waals surface area contributed by atoms with Crippen LogP contribution in [-0.4, -0.2) is 35.6 Å². The molecule has 2 rings (SSSR count). The van der Waals surface area contributed by atoms with E-state index in [2.05, 4.69) is 44.1 Å². The van der Waals surface area contributed by atoms with E-state index in [4.69, 9.17) is 0 Å². The normalized spacial score (nSPS) is 12.0. The molecular formula is C15H20N4OS. The van der Waals surface area contributed by atoms with E-state index in [1.165, 1.54) is 11.3 Å². The molecule has 1 unspecified atom stereocenters. The molecule has 0 aliphatic carbocycles. The number of nitrogens with zero attached hydrogens (tertiary/aromatic N) is 3. The first kappa shape index (κ1) is 15.4.